The topological polar surface area (TPSA) is 29.1 Å². The van der Waals surface area contributed by atoms with Gasteiger partial charge in [-0.25, -0.2) is 17.7 Å². The minimum atomic E-state index is -1.58. The van der Waals surface area contributed by atoms with Crippen LogP contribution in [-0.4, -0.2) is 11.3 Å². The highest BCUT2D eigenvalue weighted by molar-refractivity contribution is 7.84. The first-order valence-corrected chi connectivity index (χ1v) is 8.91. The summed E-state index contributed by atoms with van der Waals surface area (Å²) in [6.45, 7) is 0. The molecule has 1 atom stereocenters. The molecule has 0 saturated heterocycles. The molecule has 0 aliphatic carbocycles. The summed E-state index contributed by atoms with van der Waals surface area (Å²) in [5.74, 6) is -0.750. The lowest BCUT2D eigenvalue weighted by Crippen LogP contribution is -2.40. The molecule has 2 nitrogen and oxygen atoms in total. The van der Waals surface area contributed by atoms with Gasteiger partial charge in [-0.3, -0.25) is 0 Å². The van der Waals surface area contributed by atoms with E-state index < -0.39 is 15.7 Å². The van der Waals surface area contributed by atoms with Crippen molar-refractivity contribution >= 4 is 11.0 Å². The van der Waals surface area contributed by atoms with Crippen LogP contribution < -0.4 is 4.72 Å². The van der Waals surface area contributed by atoms with Gasteiger partial charge in [0.25, 0.3) is 0 Å². The summed E-state index contributed by atoms with van der Waals surface area (Å²) in [6.07, 6.45) is 0. The number of halogens is 2. The lowest BCUT2D eigenvalue weighted by Gasteiger charge is -2.34. The van der Waals surface area contributed by atoms with Crippen LogP contribution >= 0.6 is 0 Å². The van der Waals surface area contributed by atoms with Crippen molar-refractivity contribution in [2.45, 2.75) is 4.75 Å². The second kappa shape index (κ2) is 7.25. The maximum absolute atomic E-state index is 13.5. The average molecular weight is 357 g/mol. The van der Waals surface area contributed by atoms with Crippen molar-refractivity contribution in [2.75, 3.05) is 7.05 Å². The Morgan fingerprint density at radius 2 is 1.12 bits per heavy atom. The summed E-state index contributed by atoms with van der Waals surface area (Å²) < 4.78 is 41.9. The quantitative estimate of drug-likeness (QED) is 0.683. The fourth-order valence-corrected chi connectivity index (χ4v) is 4.37. The number of nitrogens with one attached hydrogen (secondary N) is 1. The van der Waals surface area contributed by atoms with Gasteiger partial charge in [0.05, 0.1) is 0 Å². The van der Waals surface area contributed by atoms with E-state index in [0.717, 1.165) is 5.56 Å². The minimum Gasteiger partial charge on any atom is -0.241 e. The summed E-state index contributed by atoms with van der Waals surface area (Å²) in [5.41, 5.74) is 2.07. The van der Waals surface area contributed by atoms with E-state index in [1.54, 1.807) is 31.3 Å². The highest BCUT2D eigenvalue weighted by Gasteiger charge is 2.42. The first-order valence-electron chi connectivity index (χ1n) is 7.76. The molecule has 0 radical (unpaired) electrons. The van der Waals surface area contributed by atoms with Crippen LogP contribution in [0.2, 0.25) is 0 Å². The zero-order valence-electron chi connectivity index (χ0n) is 13.6. The van der Waals surface area contributed by atoms with Crippen molar-refractivity contribution in [1.82, 2.24) is 4.72 Å². The molecule has 3 aromatic rings. The van der Waals surface area contributed by atoms with Gasteiger partial charge in [0.1, 0.15) is 27.4 Å². The van der Waals surface area contributed by atoms with Crippen molar-refractivity contribution in [3.05, 3.63) is 107 Å². The van der Waals surface area contributed by atoms with Gasteiger partial charge in [0.15, 0.2) is 0 Å². The Morgan fingerprint density at radius 1 is 0.720 bits per heavy atom. The third-order valence-corrected chi connectivity index (χ3v) is 5.78. The normalized spacial score (nSPS) is 12.8. The standard InChI is InChI=1S/C20H17F2NOS/c1-23-25(24)20(15-5-3-2-4-6-15,16-7-11-18(21)12-8-16)17-9-13-19(22)14-10-17/h2-14,23H,1H3. The van der Waals surface area contributed by atoms with E-state index >= 15 is 0 Å². The maximum atomic E-state index is 13.5. The van der Waals surface area contributed by atoms with Gasteiger partial charge in [0, 0.05) is 0 Å². The van der Waals surface area contributed by atoms with Gasteiger partial charge in [0.2, 0.25) is 0 Å². The van der Waals surface area contributed by atoms with Gasteiger partial charge in [-0.15, -0.1) is 0 Å². The Kier molecular flexibility index (Phi) is 5.06. The molecule has 25 heavy (non-hydrogen) atoms. The highest BCUT2D eigenvalue weighted by atomic mass is 32.2. The molecule has 5 heteroatoms. The van der Waals surface area contributed by atoms with Crippen molar-refractivity contribution in [3.8, 4) is 0 Å². The van der Waals surface area contributed by atoms with E-state index in [2.05, 4.69) is 4.72 Å². The Hall–Kier alpha value is -2.37. The molecular weight excluding hydrogens is 340 g/mol. The zero-order valence-corrected chi connectivity index (χ0v) is 14.4. The fourth-order valence-electron chi connectivity index (χ4n) is 3.02. The third kappa shape index (κ3) is 3.13. The van der Waals surface area contributed by atoms with Crippen LogP contribution in [0.1, 0.15) is 16.7 Å². The Bertz CT molecular complexity index is 819. The van der Waals surface area contributed by atoms with E-state index in [1.807, 2.05) is 30.3 Å². The Morgan fingerprint density at radius 3 is 1.52 bits per heavy atom. The van der Waals surface area contributed by atoms with E-state index in [4.69, 9.17) is 0 Å². The second-order valence-corrected chi connectivity index (χ2v) is 7.09. The second-order valence-electron chi connectivity index (χ2n) is 5.53. The van der Waals surface area contributed by atoms with Gasteiger partial charge in [-0.05, 0) is 48.0 Å². The summed E-state index contributed by atoms with van der Waals surface area (Å²) in [6, 6.07) is 21.1. The average Bonchev–Trinajstić information content (AvgIpc) is 2.65. The van der Waals surface area contributed by atoms with Crippen molar-refractivity contribution < 1.29 is 13.0 Å². The predicted octanol–water partition coefficient (Wildman–Crippen LogP) is 4.14. The number of hydrogen-bond acceptors (Lipinski definition) is 1. The fraction of sp³-hybridized carbons (Fsp3) is 0.100. The van der Waals surface area contributed by atoms with E-state index in [-0.39, 0.29) is 11.6 Å². The molecule has 3 aromatic carbocycles. The first kappa shape index (κ1) is 17.5. The molecular formula is C20H17F2NOS. The Balaban J connectivity index is 2.37. The molecule has 0 fully saturated rings. The Labute approximate surface area is 148 Å². The van der Waals surface area contributed by atoms with Crippen molar-refractivity contribution in [2.24, 2.45) is 0 Å². The minimum absolute atomic E-state index is 0.375. The summed E-state index contributed by atoms with van der Waals surface area (Å²) >= 11 is 0. The number of rotatable bonds is 5. The highest BCUT2D eigenvalue weighted by Crippen LogP contribution is 2.41. The SMILES string of the molecule is CNS(=O)C(c1ccccc1)(c1ccc(F)cc1)c1ccc(F)cc1. The van der Waals surface area contributed by atoms with Crippen LogP contribution in [0.25, 0.3) is 0 Å². The molecule has 3 rings (SSSR count). The first-order chi connectivity index (χ1) is 12.1. The van der Waals surface area contributed by atoms with Crippen LogP contribution in [0.5, 0.6) is 0 Å². The van der Waals surface area contributed by atoms with Crippen LogP contribution in [0.15, 0.2) is 78.9 Å². The summed E-state index contributed by atoms with van der Waals surface area (Å²) in [5, 5.41) is 0. The smallest absolute Gasteiger partial charge is 0.135 e. The van der Waals surface area contributed by atoms with Gasteiger partial charge < -0.3 is 0 Å². The molecule has 0 aliphatic rings. The summed E-state index contributed by atoms with van der Waals surface area (Å²) in [7, 11) is 0.0136. The van der Waals surface area contributed by atoms with Crippen LogP contribution in [0, 0.1) is 11.6 Å². The van der Waals surface area contributed by atoms with E-state index in [9.17, 15) is 13.0 Å². The van der Waals surface area contributed by atoms with Gasteiger partial charge in [-0.2, -0.15) is 0 Å². The molecule has 0 amide bonds. The molecule has 1 unspecified atom stereocenters. The maximum Gasteiger partial charge on any atom is 0.135 e. The molecule has 0 heterocycles. The van der Waals surface area contributed by atoms with E-state index in [0.29, 0.717) is 11.1 Å². The molecule has 0 saturated carbocycles. The number of benzene rings is 3. The van der Waals surface area contributed by atoms with E-state index in [1.165, 1.54) is 24.3 Å². The van der Waals surface area contributed by atoms with Gasteiger partial charge >= 0.3 is 0 Å². The number of hydrogen-bond donors (Lipinski definition) is 1. The molecule has 0 spiro atoms. The van der Waals surface area contributed by atoms with Crippen LogP contribution in [0.3, 0.4) is 0 Å². The van der Waals surface area contributed by atoms with Gasteiger partial charge in [-0.1, -0.05) is 54.6 Å². The van der Waals surface area contributed by atoms with Crippen LogP contribution in [-0.2, 0) is 15.7 Å². The van der Waals surface area contributed by atoms with Crippen LogP contribution in [0.4, 0.5) is 8.78 Å². The molecule has 128 valence electrons. The van der Waals surface area contributed by atoms with Crippen molar-refractivity contribution in [1.29, 1.82) is 0 Å². The molecule has 1 N–H and O–H groups in total. The predicted molar refractivity (Wildman–Crippen MR) is 96.3 cm³/mol. The molecule has 0 aliphatic heterocycles. The van der Waals surface area contributed by atoms with Crippen molar-refractivity contribution in [3.63, 3.8) is 0 Å². The lowest BCUT2D eigenvalue weighted by molar-refractivity contribution is 0.622. The zero-order chi connectivity index (χ0) is 17.9. The third-order valence-electron chi connectivity index (χ3n) is 4.15. The molecule has 0 aromatic heterocycles. The monoisotopic (exact) mass is 357 g/mol. The molecule has 0 bridgehead atoms. The largest absolute Gasteiger partial charge is 0.241 e. The lowest BCUT2D eigenvalue weighted by atomic mass is 9.84. The summed E-state index contributed by atoms with van der Waals surface area (Å²) in [4.78, 5) is 0.